The molecule has 0 saturated carbocycles. The van der Waals surface area contributed by atoms with E-state index in [1.54, 1.807) is 5.38 Å². The Kier molecular flexibility index (Phi) is 4.27. The van der Waals surface area contributed by atoms with Crippen LogP contribution in [0.5, 0.6) is 0 Å². The molecule has 0 atom stereocenters. The van der Waals surface area contributed by atoms with Crippen molar-refractivity contribution in [3.8, 4) is 0 Å². The van der Waals surface area contributed by atoms with Gasteiger partial charge in [-0.2, -0.15) is 0 Å². The summed E-state index contributed by atoms with van der Waals surface area (Å²) < 4.78 is 0.798. The smallest absolute Gasteiger partial charge is 0.309 e. The van der Waals surface area contributed by atoms with Gasteiger partial charge in [-0.3, -0.25) is 4.79 Å². The average Bonchev–Trinajstić information content (AvgIpc) is 2.76. The lowest BCUT2D eigenvalue weighted by atomic mass is 10.3. The normalized spacial score (nSPS) is 10.5. The molecule has 0 radical (unpaired) electrons. The van der Waals surface area contributed by atoms with E-state index in [-0.39, 0.29) is 6.42 Å². The third kappa shape index (κ3) is 3.51. The van der Waals surface area contributed by atoms with Crippen molar-refractivity contribution in [2.24, 2.45) is 0 Å². The van der Waals surface area contributed by atoms with Crippen LogP contribution in [0.25, 0.3) is 0 Å². The summed E-state index contributed by atoms with van der Waals surface area (Å²) in [7, 11) is 0. The van der Waals surface area contributed by atoms with Crippen molar-refractivity contribution in [2.75, 3.05) is 0 Å². The maximum atomic E-state index is 10.6. The van der Waals surface area contributed by atoms with Crippen LogP contribution in [0.3, 0.4) is 0 Å². The second kappa shape index (κ2) is 5.92. The Morgan fingerprint density at radius 2 is 2.28 bits per heavy atom. The standard InChI is InChI=1S/C11H11N3O2S2/c1-2-7-3-9(13-6-12-7)18-11-14-8(5-17-11)4-10(15)16/h3,5-6H,2,4H2,1H3,(H,15,16). The summed E-state index contributed by atoms with van der Waals surface area (Å²) in [4.78, 5) is 23.1. The van der Waals surface area contributed by atoms with Crippen LogP contribution in [0.2, 0.25) is 0 Å². The van der Waals surface area contributed by atoms with Crippen LogP contribution in [-0.4, -0.2) is 26.0 Å². The molecule has 2 aromatic rings. The lowest BCUT2D eigenvalue weighted by Crippen LogP contribution is -1.99. The van der Waals surface area contributed by atoms with Crippen LogP contribution in [0.1, 0.15) is 18.3 Å². The predicted molar refractivity (Wildman–Crippen MR) is 69.0 cm³/mol. The fourth-order valence-corrected chi connectivity index (χ4v) is 3.06. The first kappa shape index (κ1) is 13.0. The van der Waals surface area contributed by atoms with E-state index >= 15 is 0 Å². The molecule has 0 aliphatic rings. The zero-order valence-corrected chi connectivity index (χ0v) is 11.3. The number of thiazole rings is 1. The van der Waals surface area contributed by atoms with Crippen molar-refractivity contribution in [1.82, 2.24) is 15.0 Å². The monoisotopic (exact) mass is 281 g/mol. The molecule has 0 aliphatic carbocycles. The molecule has 0 aromatic carbocycles. The zero-order valence-electron chi connectivity index (χ0n) is 9.66. The van der Waals surface area contributed by atoms with E-state index in [2.05, 4.69) is 15.0 Å². The zero-order chi connectivity index (χ0) is 13.0. The van der Waals surface area contributed by atoms with E-state index in [4.69, 9.17) is 5.11 Å². The molecule has 0 amide bonds. The topological polar surface area (TPSA) is 76.0 Å². The van der Waals surface area contributed by atoms with Crippen molar-refractivity contribution in [3.63, 3.8) is 0 Å². The molecule has 0 unspecified atom stereocenters. The minimum atomic E-state index is -0.868. The summed E-state index contributed by atoms with van der Waals surface area (Å²) in [5.41, 5.74) is 1.56. The van der Waals surface area contributed by atoms with Crippen LogP contribution >= 0.6 is 23.1 Å². The number of aryl methyl sites for hydroxylation is 1. The fourth-order valence-electron chi connectivity index (χ4n) is 1.29. The molecule has 0 bridgehead atoms. The van der Waals surface area contributed by atoms with Gasteiger partial charge in [0.2, 0.25) is 0 Å². The van der Waals surface area contributed by atoms with Crippen molar-refractivity contribution < 1.29 is 9.90 Å². The molecular formula is C11H11N3O2S2. The quantitative estimate of drug-likeness (QED) is 0.847. The molecule has 94 valence electrons. The highest BCUT2D eigenvalue weighted by molar-refractivity contribution is 8.01. The minimum Gasteiger partial charge on any atom is -0.481 e. The third-order valence-corrected chi connectivity index (χ3v) is 4.04. The molecule has 1 N–H and O–H groups in total. The number of carbonyl (C=O) groups is 1. The van der Waals surface area contributed by atoms with E-state index in [9.17, 15) is 4.79 Å². The van der Waals surface area contributed by atoms with Crippen molar-refractivity contribution in [2.45, 2.75) is 29.1 Å². The molecule has 2 aromatic heterocycles. The minimum absolute atomic E-state index is 0.0406. The SMILES string of the molecule is CCc1cc(Sc2nc(CC(=O)O)cs2)ncn1. The molecule has 0 spiro atoms. The van der Waals surface area contributed by atoms with E-state index in [1.807, 2.05) is 13.0 Å². The first-order valence-electron chi connectivity index (χ1n) is 5.32. The predicted octanol–water partition coefficient (Wildman–Crippen LogP) is 2.27. The van der Waals surface area contributed by atoms with Gasteiger partial charge in [0.15, 0.2) is 4.34 Å². The highest BCUT2D eigenvalue weighted by atomic mass is 32.2. The highest BCUT2D eigenvalue weighted by Gasteiger charge is 2.08. The van der Waals surface area contributed by atoms with Crippen molar-refractivity contribution in [3.05, 3.63) is 29.2 Å². The Bertz CT molecular complexity index is 557. The lowest BCUT2D eigenvalue weighted by molar-refractivity contribution is -0.136. The van der Waals surface area contributed by atoms with E-state index < -0.39 is 5.97 Å². The van der Waals surface area contributed by atoms with Gasteiger partial charge >= 0.3 is 5.97 Å². The molecule has 2 heterocycles. The van der Waals surface area contributed by atoms with Crippen LogP contribution in [-0.2, 0) is 17.6 Å². The number of rotatable bonds is 5. The van der Waals surface area contributed by atoms with Gasteiger partial charge in [-0.15, -0.1) is 11.3 Å². The Hall–Kier alpha value is -1.47. The Morgan fingerprint density at radius 1 is 1.44 bits per heavy atom. The largest absolute Gasteiger partial charge is 0.481 e. The van der Waals surface area contributed by atoms with Gasteiger partial charge in [-0.1, -0.05) is 6.92 Å². The highest BCUT2D eigenvalue weighted by Crippen LogP contribution is 2.29. The molecule has 7 heteroatoms. The fraction of sp³-hybridized carbons (Fsp3) is 0.273. The second-order valence-electron chi connectivity index (χ2n) is 3.48. The number of hydrogen-bond acceptors (Lipinski definition) is 6. The third-order valence-electron chi connectivity index (χ3n) is 2.12. The van der Waals surface area contributed by atoms with Gasteiger partial charge in [-0.25, -0.2) is 15.0 Å². The molecule has 2 rings (SSSR count). The average molecular weight is 281 g/mol. The summed E-state index contributed by atoms with van der Waals surface area (Å²) in [5.74, 6) is -0.868. The van der Waals surface area contributed by atoms with Crippen LogP contribution in [0, 0.1) is 0 Å². The van der Waals surface area contributed by atoms with Gasteiger partial charge in [0.05, 0.1) is 12.1 Å². The number of nitrogens with zero attached hydrogens (tertiary/aromatic N) is 3. The van der Waals surface area contributed by atoms with Gasteiger partial charge in [0.25, 0.3) is 0 Å². The van der Waals surface area contributed by atoms with Gasteiger partial charge < -0.3 is 5.11 Å². The summed E-state index contributed by atoms with van der Waals surface area (Å²) in [5, 5.41) is 11.3. The first-order chi connectivity index (χ1) is 8.67. The summed E-state index contributed by atoms with van der Waals surface area (Å²) >= 11 is 2.86. The van der Waals surface area contributed by atoms with E-state index in [0.717, 1.165) is 21.5 Å². The number of aliphatic carboxylic acids is 1. The Labute approximate surface area is 112 Å². The van der Waals surface area contributed by atoms with Crippen LogP contribution in [0.15, 0.2) is 27.1 Å². The molecule has 0 aliphatic heterocycles. The summed E-state index contributed by atoms with van der Waals surface area (Å²) in [6, 6.07) is 1.92. The Morgan fingerprint density at radius 3 is 3.00 bits per heavy atom. The van der Waals surface area contributed by atoms with Gasteiger partial charge in [0.1, 0.15) is 11.4 Å². The molecule has 0 saturated heterocycles. The van der Waals surface area contributed by atoms with Crippen molar-refractivity contribution in [1.29, 1.82) is 0 Å². The number of aromatic nitrogens is 3. The van der Waals surface area contributed by atoms with Crippen LogP contribution in [0.4, 0.5) is 0 Å². The Balaban J connectivity index is 2.08. The lowest BCUT2D eigenvalue weighted by Gasteiger charge is -1.98. The number of carboxylic acids is 1. The summed E-state index contributed by atoms with van der Waals surface area (Å²) in [6.07, 6.45) is 2.35. The maximum absolute atomic E-state index is 10.6. The van der Waals surface area contributed by atoms with Crippen LogP contribution < -0.4 is 0 Å². The number of carboxylic acid groups (broad SMARTS) is 1. The molecule has 18 heavy (non-hydrogen) atoms. The van der Waals surface area contributed by atoms with Gasteiger partial charge in [-0.05, 0) is 24.2 Å². The van der Waals surface area contributed by atoms with Gasteiger partial charge in [0, 0.05) is 11.1 Å². The first-order valence-corrected chi connectivity index (χ1v) is 7.02. The summed E-state index contributed by atoms with van der Waals surface area (Å²) in [6.45, 7) is 2.03. The molecule has 5 nitrogen and oxygen atoms in total. The second-order valence-corrected chi connectivity index (χ2v) is 5.60. The molecular weight excluding hydrogens is 270 g/mol. The number of hydrogen-bond donors (Lipinski definition) is 1. The molecule has 0 fully saturated rings. The van der Waals surface area contributed by atoms with Crippen molar-refractivity contribution >= 4 is 29.1 Å². The maximum Gasteiger partial charge on any atom is 0.309 e. The van der Waals surface area contributed by atoms with E-state index in [1.165, 1.54) is 29.4 Å². The van der Waals surface area contributed by atoms with E-state index in [0.29, 0.717) is 5.69 Å².